The van der Waals surface area contributed by atoms with Crippen molar-refractivity contribution in [2.24, 2.45) is 46.3 Å². The van der Waals surface area contributed by atoms with Crippen LogP contribution in [-0.4, -0.2) is 40.9 Å². The van der Waals surface area contributed by atoms with Gasteiger partial charge in [-0.3, -0.25) is 0 Å². The van der Waals surface area contributed by atoms with Crippen LogP contribution < -0.4 is 0 Å². The number of hydrogen-bond donors (Lipinski definition) is 2. The maximum Gasteiger partial charge on any atom is 0.171 e. The highest BCUT2D eigenvalue weighted by atomic mass is 16.7. The fourth-order valence-electron chi connectivity index (χ4n) is 9.71. The van der Waals surface area contributed by atoms with Gasteiger partial charge in [0.25, 0.3) is 0 Å². The summed E-state index contributed by atoms with van der Waals surface area (Å²) in [4.78, 5) is 0. The largest absolute Gasteiger partial charge is 0.390 e. The Bertz CT molecular complexity index is 769. The highest BCUT2D eigenvalue weighted by molar-refractivity contribution is 5.27. The van der Waals surface area contributed by atoms with Crippen molar-refractivity contribution in [3.8, 4) is 0 Å². The van der Waals surface area contributed by atoms with Crippen molar-refractivity contribution in [2.45, 2.75) is 103 Å². The monoisotopic (exact) mass is 430 g/mol. The highest BCUT2D eigenvalue weighted by Crippen LogP contribution is 2.70. The topological polar surface area (TPSA) is 58.9 Å². The van der Waals surface area contributed by atoms with Gasteiger partial charge in [-0.25, -0.2) is 0 Å². The maximum atomic E-state index is 10.5. The molecule has 0 bridgehead atoms. The molecule has 12 atom stereocenters. The first-order valence-electron chi connectivity index (χ1n) is 13.1. The molecule has 6 aliphatic rings. The van der Waals surface area contributed by atoms with Gasteiger partial charge < -0.3 is 19.7 Å². The molecule has 31 heavy (non-hydrogen) atoms. The molecule has 0 aromatic rings. The molecule has 0 aromatic heterocycles. The maximum absolute atomic E-state index is 10.5. The van der Waals surface area contributed by atoms with E-state index in [9.17, 15) is 10.2 Å². The Labute approximate surface area is 187 Å². The smallest absolute Gasteiger partial charge is 0.171 e. The molecule has 4 heteroatoms. The Morgan fingerprint density at radius 3 is 2.58 bits per heavy atom. The van der Waals surface area contributed by atoms with Crippen molar-refractivity contribution in [3.63, 3.8) is 0 Å². The lowest BCUT2D eigenvalue weighted by Gasteiger charge is -2.59. The lowest BCUT2D eigenvalue weighted by atomic mass is 9.46. The standard InChI is InChI=1S/C27H42O4/c1-15-7-10-27(30-14-15)16(2)24-23(31-27)12-20-18-6-5-17-11-21(28)22(29)13-26(17,4)19(18)8-9-25(20,24)3/h5,15-16,18-24,28-29H,6-14H2,1-4H3/t15-,16-,18+,19+,20+,21+,22+,23-,24-,25-,26-,27+/m0/s1. The quantitative estimate of drug-likeness (QED) is 0.548. The molecule has 3 saturated carbocycles. The van der Waals surface area contributed by atoms with Crippen LogP contribution in [0, 0.1) is 46.3 Å². The van der Waals surface area contributed by atoms with Crippen LogP contribution in [0.25, 0.3) is 0 Å². The molecule has 1 spiro atoms. The van der Waals surface area contributed by atoms with E-state index < -0.39 is 12.2 Å². The molecule has 4 aliphatic carbocycles. The molecule has 2 N–H and O–H groups in total. The van der Waals surface area contributed by atoms with Gasteiger partial charge in [0.05, 0.1) is 24.9 Å². The van der Waals surface area contributed by atoms with Gasteiger partial charge in [-0.15, -0.1) is 0 Å². The molecule has 2 aliphatic heterocycles. The average molecular weight is 431 g/mol. The Hall–Kier alpha value is -0.420. The fraction of sp³-hybridized carbons (Fsp3) is 0.926. The normalized spacial score (nSPS) is 60.7. The Morgan fingerprint density at radius 1 is 1.03 bits per heavy atom. The second-order valence-electron chi connectivity index (χ2n) is 12.8. The van der Waals surface area contributed by atoms with Crippen molar-refractivity contribution >= 4 is 0 Å². The first-order valence-corrected chi connectivity index (χ1v) is 13.1. The number of fused-ring (bicyclic) bond motifs is 7. The molecule has 174 valence electrons. The van der Waals surface area contributed by atoms with Gasteiger partial charge in [0.15, 0.2) is 5.79 Å². The second kappa shape index (κ2) is 6.81. The molecule has 0 unspecified atom stereocenters. The third-order valence-corrected chi connectivity index (χ3v) is 11.4. The van der Waals surface area contributed by atoms with Gasteiger partial charge in [-0.1, -0.05) is 39.3 Å². The van der Waals surface area contributed by atoms with Crippen LogP contribution in [0.5, 0.6) is 0 Å². The van der Waals surface area contributed by atoms with E-state index in [1.54, 1.807) is 0 Å². The van der Waals surface area contributed by atoms with Gasteiger partial charge in [0.1, 0.15) is 0 Å². The summed E-state index contributed by atoms with van der Waals surface area (Å²) < 4.78 is 13.3. The number of ether oxygens (including phenoxy) is 2. The zero-order valence-corrected chi connectivity index (χ0v) is 19.8. The van der Waals surface area contributed by atoms with E-state index in [0.29, 0.717) is 53.4 Å². The van der Waals surface area contributed by atoms with Gasteiger partial charge in [0, 0.05) is 12.3 Å². The summed E-state index contributed by atoms with van der Waals surface area (Å²) in [6.45, 7) is 10.5. The van der Waals surface area contributed by atoms with E-state index in [4.69, 9.17) is 9.47 Å². The average Bonchev–Trinajstić information content (AvgIpc) is 3.16. The van der Waals surface area contributed by atoms with Crippen molar-refractivity contribution in [1.82, 2.24) is 0 Å². The van der Waals surface area contributed by atoms with Crippen LogP contribution in [0.4, 0.5) is 0 Å². The SMILES string of the molecule is C[C@H]1CC[C@@]2(OC1)O[C@H]1C[C@@H]3[C@@H]4CC=C5C[C@@H](O)[C@H](O)C[C@]5(C)[C@@H]4CC[C@]3(C)[C@H]1[C@@H]2C. The number of hydrogen-bond acceptors (Lipinski definition) is 4. The molecule has 0 amide bonds. The van der Waals surface area contributed by atoms with Crippen LogP contribution in [-0.2, 0) is 9.47 Å². The van der Waals surface area contributed by atoms with Crippen molar-refractivity contribution in [3.05, 3.63) is 11.6 Å². The van der Waals surface area contributed by atoms with E-state index in [0.717, 1.165) is 25.9 Å². The predicted molar refractivity (Wildman–Crippen MR) is 119 cm³/mol. The van der Waals surface area contributed by atoms with E-state index in [-0.39, 0.29) is 11.2 Å². The third kappa shape index (κ3) is 2.74. The number of aliphatic hydroxyl groups excluding tert-OH is 2. The first kappa shape index (κ1) is 21.1. The number of allylic oxidation sites excluding steroid dienone is 1. The summed E-state index contributed by atoms with van der Waals surface area (Å²) in [6.07, 6.45) is 10.1. The second-order valence-corrected chi connectivity index (χ2v) is 12.8. The van der Waals surface area contributed by atoms with Crippen molar-refractivity contribution in [2.75, 3.05) is 6.61 Å². The van der Waals surface area contributed by atoms with Gasteiger partial charge in [-0.2, -0.15) is 0 Å². The fourth-order valence-corrected chi connectivity index (χ4v) is 9.71. The predicted octanol–water partition coefficient (Wildman–Crippen LogP) is 4.68. The lowest BCUT2D eigenvalue weighted by Crippen LogP contribution is -2.54. The van der Waals surface area contributed by atoms with E-state index in [1.165, 1.54) is 31.3 Å². The minimum atomic E-state index is -0.584. The summed E-state index contributed by atoms with van der Waals surface area (Å²) in [5.41, 5.74) is 1.80. The highest BCUT2D eigenvalue weighted by Gasteiger charge is 2.68. The molecule has 2 saturated heterocycles. The van der Waals surface area contributed by atoms with Crippen LogP contribution in [0.1, 0.15) is 79.1 Å². The van der Waals surface area contributed by atoms with Crippen molar-refractivity contribution < 1.29 is 19.7 Å². The van der Waals surface area contributed by atoms with Crippen LogP contribution >= 0.6 is 0 Å². The molecule has 4 nitrogen and oxygen atoms in total. The van der Waals surface area contributed by atoms with Crippen molar-refractivity contribution in [1.29, 1.82) is 0 Å². The summed E-state index contributed by atoms with van der Waals surface area (Å²) in [5.74, 6) is 3.39. The number of aliphatic hydroxyl groups is 2. The van der Waals surface area contributed by atoms with E-state index >= 15 is 0 Å². The summed E-state index contributed by atoms with van der Waals surface area (Å²) in [6, 6.07) is 0. The summed E-state index contributed by atoms with van der Waals surface area (Å²) in [5, 5.41) is 20.8. The van der Waals surface area contributed by atoms with Gasteiger partial charge in [-0.05, 0) is 85.4 Å². The minimum absolute atomic E-state index is 0.0525. The third-order valence-electron chi connectivity index (χ3n) is 11.4. The molecule has 0 radical (unpaired) electrons. The van der Waals surface area contributed by atoms with Crippen LogP contribution in [0.15, 0.2) is 11.6 Å². The lowest BCUT2D eigenvalue weighted by molar-refractivity contribution is -0.272. The van der Waals surface area contributed by atoms with Gasteiger partial charge >= 0.3 is 0 Å². The summed E-state index contributed by atoms with van der Waals surface area (Å²) >= 11 is 0. The molecule has 0 aromatic carbocycles. The minimum Gasteiger partial charge on any atom is -0.390 e. The van der Waals surface area contributed by atoms with Crippen LogP contribution in [0.3, 0.4) is 0 Å². The Morgan fingerprint density at radius 2 is 1.84 bits per heavy atom. The molecule has 5 fully saturated rings. The molecule has 2 heterocycles. The summed E-state index contributed by atoms with van der Waals surface area (Å²) in [7, 11) is 0. The molecular formula is C27H42O4. The number of rotatable bonds is 0. The Kier molecular flexibility index (Phi) is 4.64. The van der Waals surface area contributed by atoms with E-state index in [1.807, 2.05) is 0 Å². The first-order chi connectivity index (χ1) is 14.7. The van der Waals surface area contributed by atoms with Crippen LogP contribution in [0.2, 0.25) is 0 Å². The Balaban J connectivity index is 1.28. The zero-order valence-electron chi connectivity index (χ0n) is 19.8. The zero-order chi connectivity index (χ0) is 21.8. The molecule has 6 rings (SSSR count). The van der Waals surface area contributed by atoms with Gasteiger partial charge in [0.2, 0.25) is 0 Å². The molecular weight excluding hydrogens is 388 g/mol. The van der Waals surface area contributed by atoms with E-state index in [2.05, 4.69) is 33.8 Å².